The van der Waals surface area contributed by atoms with E-state index in [0.29, 0.717) is 5.25 Å². The Labute approximate surface area is 117 Å². The third-order valence-electron chi connectivity index (χ3n) is 2.96. The lowest BCUT2D eigenvalue weighted by molar-refractivity contribution is 0.589. The molecule has 1 aromatic rings. The van der Waals surface area contributed by atoms with Gasteiger partial charge in [0.15, 0.2) is 0 Å². The smallest absolute Gasteiger partial charge is 0.0171 e. The molecule has 0 radical (unpaired) electrons. The summed E-state index contributed by atoms with van der Waals surface area (Å²) in [6.45, 7) is 11.2. The fourth-order valence-corrected chi connectivity index (χ4v) is 2.57. The Morgan fingerprint density at radius 1 is 1.11 bits per heavy atom. The molecule has 0 saturated heterocycles. The van der Waals surface area contributed by atoms with E-state index in [-0.39, 0.29) is 11.5 Å². The monoisotopic (exact) mass is 265 g/mol. The standard InChI is InChI=1S/C16H27NS/c1-12(2)18-11-15(17)10-13-6-8-14(9-7-13)16(3,4)5/h6-9,12,15H,10-11,17H2,1-5H3. The molecule has 2 heteroatoms. The third kappa shape index (κ3) is 5.45. The summed E-state index contributed by atoms with van der Waals surface area (Å²) >= 11 is 1.94. The van der Waals surface area contributed by atoms with Crippen molar-refractivity contribution in [3.63, 3.8) is 0 Å². The van der Waals surface area contributed by atoms with Gasteiger partial charge in [0.05, 0.1) is 0 Å². The number of rotatable bonds is 5. The molecule has 1 atom stereocenters. The van der Waals surface area contributed by atoms with E-state index in [1.165, 1.54) is 11.1 Å². The minimum atomic E-state index is 0.230. The molecule has 0 aliphatic carbocycles. The maximum atomic E-state index is 6.16. The van der Waals surface area contributed by atoms with Crippen LogP contribution in [0.2, 0.25) is 0 Å². The highest BCUT2D eigenvalue weighted by Gasteiger charge is 2.13. The van der Waals surface area contributed by atoms with Crippen LogP contribution < -0.4 is 5.73 Å². The molecule has 0 heterocycles. The van der Waals surface area contributed by atoms with E-state index in [1.54, 1.807) is 0 Å². The molecule has 1 aromatic carbocycles. The fourth-order valence-electron chi connectivity index (χ4n) is 1.82. The fraction of sp³-hybridized carbons (Fsp3) is 0.625. The Bertz CT molecular complexity index is 348. The van der Waals surface area contributed by atoms with E-state index in [2.05, 4.69) is 58.9 Å². The molecular formula is C16H27NS. The molecule has 0 fully saturated rings. The zero-order valence-electron chi connectivity index (χ0n) is 12.4. The molecule has 0 amide bonds. The Kier molecular flexibility index (Phi) is 5.74. The van der Waals surface area contributed by atoms with Crippen molar-refractivity contribution in [2.24, 2.45) is 5.73 Å². The van der Waals surface area contributed by atoms with Gasteiger partial charge in [0, 0.05) is 11.8 Å². The van der Waals surface area contributed by atoms with Crippen molar-refractivity contribution in [1.29, 1.82) is 0 Å². The average Bonchev–Trinajstić information content (AvgIpc) is 2.26. The van der Waals surface area contributed by atoms with Gasteiger partial charge < -0.3 is 5.73 Å². The summed E-state index contributed by atoms with van der Waals surface area (Å²) in [5.41, 5.74) is 9.12. The maximum Gasteiger partial charge on any atom is 0.0171 e. The Morgan fingerprint density at radius 3 is 2.11 bits per heavy atom. The molecule has 2 N–H and O–H groups in total. The molecule has 18 heavy (non-hydrogen) atoms. The van der Waals surface area contributed by atoms with Gasteiger partial charge in [-0.2, -0.15) is 11.8 Å². The average molecular weight is 265 g/mol. The Morgan fingerprint density at radius 2 is 1.67 bits per heavy atom. The van der Waals surface area contributed by atoms with Gasteiger partial charge in [-0.3, -0.25) is 0 Å². The SMILES string of the molecule is CC(C)SCC(N)Cc1ccc(C(C)(C)C)cc1. The van der Waals surface area contributed by atoms with Crippen LogP contribution in [0.3, 0.4) is 0 Å². The van der Waals surface area contributed by atoms with Crippen LogP contribution in [0.1, 0.15) is 45.7 Å². The number of hydrogen-bond donors (Lipinski definition) is 1. The summed E-state index contributed by atoms with van der Waals surface area (Å²) < 4.78 is 0. The van der Waals surface area contributed by atoms with Crippen molar-refractivity contribution < 1.29 is 0 Å². The van der Waals surface area contributed by atoms with Gasteiger partial charge in [-0.1, -0.05) is 58.9 Å². The molecule has 0 spiro atoms. The first-order valence-electron chi connectivity index (χ1n) is 6.75. The van der Waals surface area contributed by atoms with Crippen molar-refractivity contribution >= 4 is 11.8 Å². The summed E-state index contributed by atoms with van der Waals surface area (Å²) in [4.78, 5) is 0. The summed E-state index contributed by atoms with van der Waals surface area (Å²) in [7, 11) is 0. The van der Waals surface area contributed by atoms with Crippen molar-refractivity contribution in [2.45, 2.75) is 57.7 Å². The molecule has 0 bridgehead atoms. The Hall–Kier alpha value is -0.470. The van der Waals surface area contributed by atoms with Gasteiger partial charge in [0.1, 0.15) is 0 Å². The third-order valence-corrected chi connectivity index (χ3v) is 4.25. The van der Waals surface area contributed by atoms with Gasteiger partial charge >= 0.3 is 0 Å². The van der Waals surface area contributed by atoms with Gasteiger partial charge in [-0.15, -0.1) is 0 Å². The van der Waals surface area contributed by atoms with Crippen molar-refractivity contribution in [3.05, 3.63) is 35.4 Å². The van der Waals surface area contributed by atoms with Crippen LogP contribution in [-0.4, -0.2) is 17.0 Å². The molecule has 1 unspecified atom stereocenters. The molecular weight excluding hydrogens is 238 g/mol. The Balaban J connectivity index is 2.53. The zero-order chi connectivity index (χ0) is 13.8. The number of benzene rings is 1. The normalized spacial score (nSPS) is 13.9. The molecule has 0 aromatic heterocycles. The van der Waals surface area contributed by atoms with Gasteiger partial charge in [0.25, 0.3) is 0 Å². The van der Waals surface area contributed by atoms with Crippen LogP contribution in [0.15, 0.2) is 24.3 Å². The largest absolute Gasteiger partial charge is 0.327 e. The summed E-state index contributed by atoms with van der Waals surface area (Å²) in [5, 5.41) is 0.666. The number of hydrogen-bond acceptors (Lipinski definition) is 2. The molecule has 1 nitrogen and oxygen atoms in total. The lowest BCUT2D eigenvalue weighted by Gasteiger charge is -2.19. The minimum absolute atomic E-state index is 0.230. The number of thioether (sulfide) groups is 1. The quantitative estimate of drug-likeness (QED) is 0.871. The predicted octanol–water partition coefficient (Wildman–Crippen LogP) is 4.00. The van der Waals surface area contributed by atoms with Crippen molar-refractivity contribution in [2.75, 3.05) is 5.75 Å². The molecule has 1 rings (SSSR count). The summed E-state index contributed by atoms with van der Waals surface area (Å²) in [6, 6.07) is 9.17. The molecule has 102 valence electrons. The zero-order valence-corrected chi connectivity index (χ0v) is 13.2. The minimum Gasteiger partial charge on any atom is -0.327 e. The molecule has 0 aliphatic rings. The second-order valence-corrected chi connectivity index (χ2v) is 7.90. The van der Waals surface area contributed by atoms with Crippen LogP contribution in [0.5, 0.6) is 0 Å². The van der Waals surface area contributed by atoms with Crippen LogP contribution in [0.25, 0.3) is 0 Å². The van der Waals surface area contributed by atoms with Crippen LogP contribution in [0, 0.1) is 0 Å². The molecule has 0 saturated carbocycles. The summed E-state index contributed by atoms with van der Waals surface area (Å²) in [6.07, 6.45) is 0.976. The predicted molar refractivity (Wildman–Crippen MR) is 84.4 cm³/mol. The van der Waals surface area contributed by atoms with Gasteiger partial charge in [-0.25, -0.2) is 0 Å². The van der Waals surface area contributed by atoms with Crippen LogP contribution in [-0.2, 0) is 11.8 Å². The first kappa shape index (κ1) is 15.6. The van der Waals surface area contributed by atoms with Crippen LogP contribution in [0.4, 0.5) is 0 Å². The highest BCUT2D eigenvalue weighted by molar-refractivity contribution is 7.99. The number of nitrogens with two attached hydrogens (primary N) is 1. The summed E-state index contributed by atoms with van der Waals surface area (Å²) in [5.74, 6) is 1.04. The topological polar surface area (TPSA) is 26.0 Å². The highest BCUT2D eigenvalue weighted by atomic mass is 32.2. The van der Waals surface area contributed by atoms with E-state index < -0.39 is 0 Å². The van der Waals surface area contributed by atoms with Crippen molar-refractivity contribution in [1.82, 2.24) is 0 Å². The first-order valence-corrected chi connectivity index (χ1v) is 7.80. The van der Waals surface area contributed by atoms with Gasteiger partial charge in [-0.05, 0) is 28.2 Å². The van der Waals surface area contributed by atoms with E-state index >= 15 is 0 Å². The van der Waals surface area contributed by atoms with Crippen molar-refractivity contribution in [3.8, 4) is 0 Å². The second-order valence-electron chi connectivity index (χ2n) is 6.29. The molecule has 0 aliphatic heterocycles. The van der Waals surface area contributed by atoms with E-state index in [1.807, 2.05) is 11.8 Å². The van der Waals surface area contributed by atoms with E-state index in [4.69, 9.17) is 5.73 Å². The lowest BCUT2D eigenvalue weighted by Crippen LogP contribution is -2.26. The lowest BCUT2D eigenvalue weighted by atomic mass is 9.86. The second kappa shape index (κ2) is 6.63. The van der Waals surface area contributed by atoms with E-state index in [0.717, 1.165) is 12.2 Å². The maximum absolute atomic E-state index is 6.16. The van der Waals surface area contributed by atoms with Gasteiger partial charge in [0.2, 0.25) is 0 Å². The highest BCUT2D eigenvalue weighted by Crippen LogP contribution is 2.22. The van der Waals surface area contributed by atoms with Crippen LogP contribution >= 0.6 is 11.8 Å². The van der Waals surface area contributed by atoms with E-state index in [9.17, 15) is 0 Å². The first-order chi connectivity index (χ1) is 8.29.